The predicted octanol–water partition coefficient (Wildman–Crippen LogP) is 0.441. The summed E-state index contributed by atoms with van der Waals surface area (Å²) in [6.07, 6.45) is 1.23. The van der Waals surface area contributed by atoms with E-state index in [-0.39, 0.29) is 23.8 Å². The summed E-state index contributed by atoms with van der Waals surface area (Å²) >= 11 is 0. The van der Waals surface area contributed by atoms with Gasteiger partial charge < -0.3 is 11.1 Å². The Hall–Kier alpha value is -1.23. The van der Waals surface area contributed by atoms with Gasteiger partial charge in [0.05, 0.1) is 0 Å². The maximum Gasteiger partial charge on any atom is 0.260 e. The molecule has 0 bridgehead atoms. The van der Waals surface area contributed by atoms with Gasteiger partial charge in [0.2, 0.25) is 5.91 Å². The molecule has 0 aromatic carbocycles. The molecule has 0 fully saturated rings. The van der Waals surface area contributed by atoms with Crippen molar-refractivity contribution >= 4 is 17.6 Å². The van der Waals surface area contributed by atoms with E-state index in [2.05, 4.69) is 10.3 Å². The highest BCUT2D eigenvalue weighted by atomic mass is 16.2. The van der Waals surface area contributed by atoms with E-state index < -0.39 is 5.92 Å². The maximum absolute atomic E-state index is 11.7. The van der Waals surface area contributed by atoms with Crippen LogP contribution in [-0.2, 0) is 9.59 Å². The average molecular weight is 225 g/mol. The number of nitrogens with two attached hydrogens (primary N) is 1. The normalized spacial score (nSPS) is 23.1. The minimum Gasteiger partial charge on any atom is -0.327 e. The molecule has 1 aliphatic heterocycles. The number of hydrogen-bond acceptors (Lipinski definition) is 3. The van der Waals surface area contributed by atoms with Crippen molar-refractivity contribution in [1.82, 2.24) is 5.32 Å². The molecule has 2 amide bonds. The summed E-state index contributed by atoms with van der Waals surface area (Å²) < 4.78 is 0. The number of aliphatic imine (C=N–C) groups is 1. The summed E-state index contributed by atoms with van der Waals surface area (Å²) in [4.78, 5) is 27.2. The van der Waals surface area contributed by atoms with Crippen LogP contribution in [0.15, 0.2) is 4.99 Å². The second-order valence-corrected chi connectivity index (χ2v) is 4.48. The Morgan fingerprint density at radius 3 is 2.50 bits per heavy atom. The summed E-state index contributed by atoms with van der Waals surface area (Å²) in [7, 11) is 0. The van der Waals surface area contributed by atoms with Crippen molar-refractivity contribution in [2.45, 2.75) is 39.7 Å². The van der Waals surface area contributed by atoms with E-state index in [1.54, 1.807) is 0 Å². The van der Waals surface area contributed by atoms with Crippen molar-refractivity contribution in [3.63, 3.8) is 0 Å². The van der Waals surface area contributed by atoms with Crippen LogP contribution in [0.4, 0.5) is 0 Å². The number of rotatable bonds is 4. The van der Waals surface area contributed by atoms with Gasteiger partial charge in [-0.1, -0.05) is 20.8 Å². The first-order valence-corrected chi connectivity index (χ1v) is 5.63. The zero-order chi connectivity index (χ0) is 12.3. The third kappa shape index (κ3) is 2.88. The summed E-state index contributed by atoms with van der Waals surface area (Å²) in [5, 5.41) is 2.65. The highest BCUT2D eigenvalue weighted by Crippen LogP contribution is 2.16. The lowest BCUT2D eigenvalue weighted by molar-refractivity contribution is -0.135. The first-order chi connectivity index (χ1) is 7.45. The standard InChI is InChI=1S/C11H19N3O2/c1-4-7(12)5-8-13-10(15)9(6(2)3)11(16)14-8/h6-7,9H,4-5,12H2,1-3H3,(H,13,14,15,16). The predicted molar refractivity (Wildman–Crippen MR) is 61.8 cm³/mol. The Balaban J connectivity index is 2.76. The Bertz CT molecular complexity index is 323. The van der Waals surface area contributed by atoms with Gasteiger partial charge in [-0.25, -0.2) is 0 Å². The SMILES string of the molecule is CCC(N)CC1=NC(=O)C(C(C)C)C(=O)N1. The zero-order valence-electron chi connectivity index (χ0n) is 9.99. The van der Waals surface area contributed by atoms with Gasteiger partial charge in [0.1, 0.15) is 11.8 Å². The van der Waals surface area contributed by atoms with Gasteiger partial charge >= 0.3 is 0 Å². The number of amides is 2. The van der Waals surface area contributed by atoms with Crippen molar-refractivity contribution in [2.24, 2.45) is 22.6 Å². The highest BCUT2D eigenvalue weighted by Gasteiger charge is 2.34. The summed E-state index contributed by atoms with van der Waals surface area (Å²) in [5.41, 5.74) is 5.75. The van der Waals surface area contributed by atoms with Crippen LogP contribution in [0.2, 0.25) is 0 Å². The molecule has 16 heavy (non-hydrogen) atoms. The van der Waals surface area contributed by atoms with E-state index in [9.17, 15) is 9.59 Å². The van der Waals surface area contributed by atoms with Crippen LogP contribution in [0.1, 0.15) is 33.6 Å². The molecule has 0 spiro atoms. The van der Waals surface area contributed by atoms with Crippen molar-refractivity contribution in [3.8, 4) is 0 Å². The van der Waals surface area contributed by atoms with E-state index in [1.807, 2.05) is 20.8 Å². The van der Waals surface area contributed by atoms with Crippen LogP contribution in [0.5, 0.6) is 0 Å². The minimum absolute atomic E-state index is 0.0300. The molecule has 2 atom stereocenters. The maximum atomic E-state index is 11.7. The van der Waals surface area contributed by atoms with E-state index in [0.717, 1.165) is 6.42 Å². The van der Waals surface area contributed by atoms with Crippen molar-refractivity contribution in [1.29, 1.82) is 0 Å². The minimum atomic E-state index is -0.651. The van der Waals surface area contributed by atoms with Crippen molar-refractivity contribution < 1.29 is 9.59 Å². The van der Waals surface area contributed by atoms with Gasteiger partial charge in [0, 0.05) is 12.5 Å². The first-order valence-electron chi connectivity index (χ1n) is 5.63. The molecule has 0 aliphatic carbocycles. The molecule has 0 saturated carbocycles. The molecule has 1 rings (SSSR count). The summed E-state index contributed by atoms with van der Waals surface area (Å²) in [6, 6.07) is -0.0672. The Morgan fingerprint density at radius 1 is 1.44 bits per heavy atom. The fourth-order valence-corrected chi connectivity index (χ4v) is 1.64. The van der Waals surface area contributed by atoms with Gasteiger partial charge in [-0.05, 0) is 12.3 Å². The van der Waals surface area contributed by atoms with Crippen molar-refractivity contribution in [3.05, 3.63) is 0 Å². The number of nitrogens with one attached hydrogen (secondary N) is 1. The average Bonchev–Trinajstić information content (AvgIpc) is 2.15. The van der Waals surface area contributed by atoms with E-state index in [4.69, 9.17) is 5.73 Å². The lowest BCUT2D eigenvalue weighted by Crippen LogP contribution is -2.47. The quantitative estimate of drug-likeness (QED) is 0.681. The highest BCUT2D eigenvalue weighted by molar-refractivity contribution is 6.16. The van der Waals surface area contributed by atoms with Crippen LogP contribution >= 0.6 is 0 Å². The van der Waals surface area contributed by atoms with Crippen LogP contribution < -0.4 is 11.1 Å². The third-order valence-electron chi connectivity index (χ3n) is 2.71. The number of amidine groups is 1. The molecule has 3 N–H and O–H groups in total. The Kier molecular flexibility index (Phi) is 4.18. The largest absolute Gasteiger partial charge is 0.327 e. The second-order valence-electron chi connectivity index (χ2n) is 4.48. The van der Waals surface area contributed by atoms with Crippen LogP contribution in [-0.4, -0.2) is 23.7 Å². The number of hydrogen-bond donors (Lipinski definition) is 2. The summed E-state index contributed by atoms with van der Waals surface area (Å²) in [5.74, 6) is -0.883. The fraction of sp³-hybridized carbons (Fsp3) is 0.727. The molecule has 1 aliphatic rings. The molecule has 0 aromatic rings. The number of carbonyl (C=O) groups is 2. The van der Waals surface area contributed by atoms with Gasteiger partial charge in [-0.3, -0.25) is 9.59 Å². The zero-order valence-corrected chi connectivity index (χ0v) is 9.99. The van der Waals surface area contributed by atoms with Gasteiger partial charge in [0.25, 0.3) is 5.91 Å². The molecule has 5 heteroatoms. The monoisotopic (exact) mass is 225 g/mol. The second kappa shape index (κ2) is 5.21. The van der Waals surface area contributed by atoms with Gasteiger partial charge in [-0.15, -0.1) is 0 Å². The molecular formula is C11H19N3O2. The Morgan fingerprint density at radius 2 is 2.06 bits per heavy atom. The molecule has 0 aromatic heterocycles. The van der Waals surface area contributed by atoms with E-state index in [1.165, 1.54) is 0 Å². The fourth-order valence-electron chi connectivity index (χ4n) is 1.64. The lowest BCUT2D eigenvalue weighted by Gasteiger charge is -2.23. The van der Waals surface area contributed by atoms with Crippen LogP contribution in [0, 0.1) is 11.8 Å². The topological polar surface area (TPSA) is 84.5 Å². The molecular weight excluding hydrogens is 206 g/mol. The molecule has 1 heterocycles. The molecule has 2 unspecified atom stereocenters. The molecule has 0 saturated heterocycles. The van der Waals surface area contributed by atoms with E-state index in [0.29, 0.717) is 12.3 Å². The van der Waals surface area contributed by atoms with Gasteiger partial charge in [0.15, 0.2) is 0 Å². The lowest BCUT2D eigenvalue weighted by atomic mass is 9.93. The summed E-state index contributed by atoms with van der Waals surface area (Å²) in [6.45, 7) is 5.62. The van der Waals surface area contributed by atoms with E-state index >= 15 is 0 Å². The third-order valence-corrected chi connectivity index (χ3v) is 2.71. The molecule has 90 valence electrons. The Labute approximate surface area is 95.5 Å². The smallest absolute Gasteiger partial charge is 0.260 e. The van der Waals surface area contributed by atoms with Crippen molar-refractivity contribution in [2.75, 3.05) is 0 Å². The molecule has 5 nitrogen and oxygen atoms in total. The van der Waals surface area contributed by atoms with Crippen LogP contribution in [0.25, 0.3) is 0 Å². The first kappa shape index (κ1) is 12.8. The molecule has 0 radical (unpaired) electrons. The number of nitrogens with zero attached hydrogens (tertiary/aromatic N) is 1. The number of carbonyl (C=O) groups excluding carboxylic acids is 2. The van der Waals surface area contributed by atoms with Crippen LogP contribution in [0.3, 0.4) is 0 Å². The van der Waals surface area contributed by atoms with Gasteiger partial charge in [-0.2, -0.15) is 4.99 Å².